The lowest BCUT2D eigenvalue weighted by molar-refractivity contribution is 0.235. The lowest BCUT2D eigenvalue weighted by Crippen LogP contribution is -2.30. The minimum absolute atomic E-state index is 0.193. The third-order valence-corrected chi connectivity index (χ3v) is 4.40. The molecule has 0 spiro atoms. The first-order valence-electron chi connectivity index (χ1n) is 8.06. The topological polar surface area (TPSA) is 47.7 Å². The second-order valence-electron chi connectivity index (χ2n) is 5.96. The van der Waals surface area contributed by atoms with Gasteiger partial charge in [-0.2, -0.15) is 0 Å². The zero-order chi connectivity index (χ0) is 16.1. The second kappa shape index (κ2) is 7.49. The number of hydrogen-bond donors (Lipinski definition) is 1. The van der Waals surface area contributed by atoms with Gasteiger partial charge < -0.3 is 15.2 Å². The Hall–Kier alpha value is -2.04. The summed E-state index contributed by atoms with van der Waals surface area (Å²) >= 11 is 0. The largest absolute Gasteiger partial charge is 0.497 e. The maximum atomic E-state index is 6.32. The van der Waals surface area contributed by atoms with Crippen molar-refractivity contribution in [2.75, 3.05) is 33.4 Å². The fraction of sp³-hybridized carbons (Fsp3) is 0.368. The normalized spacial score (nSPS) is 21.3. The zero-order valence-corrected chi connectivity index (χ0v) is 13.5. The van der Waals surface area contributed by atoms with Gasteiger partial charge in [-0.1, -0.05) is 30.3 Å². The number of nitrogens with two attached hydrogens (primary N) is 1. The highest BCUT2D eigenvalue weighted by Crippen LogP contribution is 2.26. The summed E-state index contributed by atoms with van der Waals surface area (Å²) in [4.78, 5) is 2.38. The van der Waals surface area contributed by atoms with E-state index < -0.39 is 0 Å². The molecule has 0 radical (unpaired) electrons. The van der Waals surface area contributed by atoms with Crippen molar-refractivity contribution in [2.24, 2.45) is 5.73 Å². The number of hydrogen-bond acceptors (Lipinski definition) is 4. The van der Waals surface area contributed by atoms with E-state index in [1.54, 1.807) is 7.11 Å². The summed E-state index contributed by atoms with van der Waals surface area (Å²) in [6.07, 6.45) is 0. The van der Waals surface area contributed by atoms with Gasteiger partial charge in [0.1, 0.15) is 18.1 Å². The highest BCUT2D eigenvalue weighted by molar-refractivity contribution is 5.31. The van der Waals surface area contributed by atoms with Gasteiger partial charge in [0.25, 0.3) is 0 Å². The van der Waals surface area contributed by atoms with Gasteiger partial charge in [0.2, 0.25) is 0 Å². The van der Waals surface area contributed by atoms with Crippen LogP contribution in [0.4, 0.5) is 0 Å². The summed E-state index contributed by atoms with van der Waals surface area (Å²) in [7, 11) is 1.66. The summed E-state index contributed by atoms with van der Waals surface area (Å²) in [5, 5.41) is 0. The lowest BCUT2D eigenvalue weighted by atomic mass is 9.95. The summed E-state index contributed by atoms with van der Waals surface area (Å²) < 4.78 is 10.9. The van der Waals surface area contributed by atoms with E-state index in [-0.39, 0.29) is 6.04 Å². The van der Waals surface area contributed by atoms with E-state index in [1.165, 1.54) is 5.56 Å². The number of likely N-dealkylation sites (tertiary alicyclic amines) is 1. The van der Waals surface area contributed by atoms with E-state index in [0.29, 0.717) is 12.5 Å². The molecule has 1 fully saturated rings. The van der Waals surface area contributed by atoms with Crippen molar-refractivity contribution < 1.29 is 9.47 Å². The molecule has 2 aromatic carbocycles. The molecule has 0 amide bonds. The fourth-order valence-electron chi connectivity index (χ4n) is 3.11. The van der Waals surface area contributed by atoms with E-state index in [0.717, 1.165) is 31.1 Å². The SMILES string of the molecule is COc1ccc(OCCN2C[C@@H](N)[C@H](c3ccccc3)C2)cc1. The molecule has 0 aliphatic carbocycles. The molecule has 1 heterocycles. The van der Waals surface area contributed by atoms with Crippen LogP contribution in [0.1, 0.15) is 11.5 Å². The predicted molar refractivity (Wildman–Crippen MR) is 92.1 cm³/mol. The molecule has 2 aromatic rings. The van der Waals surface area contributed by atoms with Crippen LogP contribution in [0, 0.1) is 0 Å². The average molecular weight is 312 g/mol. The first-order chi connectivity index (χ1) is 11.3. The Labute approximate surface area is 137 Å². The van der Waals surface area contributed by atoms with Crippen LogP contribution in [0.2, 0.25) is 0 Å². The van der Waals surface area contributed by atoms with Crippen molar-refractivity contribution >= 4 is 0 Å². The van der Waals surface area contributed by atoms with Gasteiger partial charge in [0.15, 0.2) is 0 Å². The zero-order valence-electron chi connectivity index (χ0n) is 13.5. The Morgan fingerprint density at radius 2 is 1.70 bits per heavy atom. The number of rotatable bonds is 6. The molecule has 3 rings (SSSR count). The van der Waals surface area contributed by atoms with E-state index in [4.69, 9.17) is 15.2 Å². The van der Waals surface area contributed by atoms with Crippen LogP contribution in [0.3, 0.4) is 0 Å². The summed E-state index contributed by atoms with van der Waals surface area (Å²) in [5.41, 5.74) is 7.65. The first-order valence-corrected chi connectivity index (χ1v) is 8.06. The standard InChI is InChI=1S/C19H24N2O2/c1-22-16-7-9-17(10-8-16)23-12-11-21-13-18(19(20)14-21)15-5-3-2-4-6-15/h2-10,18-19H,11-14,20H2,1H3/t18-,19+/m0/s1. The van der Waals surface area contributed by atoms with Crippen LogP contribution in [-0.2, 0) is 0 Å². The highest BCUT2D eigenvalue weighted by Gasteiger charge is 2.30. The fourth-order valence-corrected chi connectivity index (χ4v) is 3.11. The van der Waals surface area contributed by atoms with Crippen molar-refractivity contribution in [2.45, 2.75) is 12.0 Å². The average Bonchev–Trinajstić information content (AvgIpc) is 2.97. The Morgan fingerprint density at radius 1 is 1.00 bits per heavy atom. The van der Waals surface area contributed by atoms with Crippen LogP contribution >= 0.6 is 0 Å². The molecule has 1 aliphatic rings. The van der Waals surface area contributed by atoms with Crippen LogP contribution in [0.15, 0.2) is 54.6 Å². The molecule has 23 heavy (non-hydrogen) atoms. The lowest BCUT2D eigenvalue weighted by Gasteiger charge is -2.16. The molecular formula is C19H24N2O2. The van der Waals surface area contributed by atoms with Crippen LogP contribution < -0.4 is 15.2 Å². The smallest absolute Gasteiger partial charge is 0.119 e. The van der Waals surface area contributed by atoms with Gasteiger partial charge in [-0.05, 0) is 29.8 Å². The van der Waals surface area contributed by atoms with Crippen molar-refractivity contribution in [1.29, 1.82) is 0 Å². The summed E-state index contributed by atoms with van der Waals surface area (Å²) in [6, 6.07) is 18.4. The maximum Gasteiger partial charge on any atom is 0.119 e. The Bertz CT molecular complexity index is 601. The van der Waals surface area contributed by atoms with E-state index in [2.05, 4.69) is 29.2 Å². The molecular weight excluding hydrogens is 288 g/mol. The third-order valence-electron chi connectivity index (χ3n) is 4.40. The summed E-state index contributed by atoms with van der Waals surface area (Å²) in [6.45, 7) is 3.48. The highest BCUT2D eigenvalue weighted by atomic mass is 16.5. The Kier molecular flexibility index (Phi) is 5.16. The number of ether oxygens (including phenoxy) is 2. The van der Waals surface area contributed by atoms with Crippen molar-refractivity contribution in [1.82, 2.24) is 4.90 Å². The maximum absolute atomic E-state index is 6.32. The predicted octanol–water partition coefficient (Wildman–Crippen LogP) is 2.50. The van der Waals surface area contributed by atoms with Crippen LogP contribution in [0.25, 0.3) is 0 Å². The van der Waals surface area contributed by atoms with Crippen molar-refractivity contribution in [3.05, 3.63) is 60.2 Å². The van der Waals surface area contributed by atoms with Crippen LogP contribution in [0.5, 0.6) is 11.5 Å². The minimum atomic E-state index is 0.193. The number of benzene rings is 2. The summed E-state index contributed by atoms with van der Waals surface area (Å²) in [5.74, 6) is 2.12. The Balaban J connectivity index is 1.48. The second-order valence-corrected chi connectivity index (χ2v) is 5.96. The van der Waals surface area contributed by atoms with Gasteiger partial charge in [-0.15, -0.1) is 0 Å². The molecule has 0 unspecified atom stereocenters. The molecule has 1 saturated heterocycles. The van der Waals surface area contributed by atoms with Crippen molar-refractivity contribution in [3.63, 3.8) is 0 Å². The molecule has 0 bridgehead atoms. The molecule has 0 aromatic heterocycles. The van der Waals surface area contributed by atoms with Crippen LogP contribution in [-0.4, -0.2) is 44.3 Å². The monoisotopic (exact) mass is 312 g/mol. The molecule has 2 N–H and O–H groups in total. The van der Waals surface area contributed by atoms with Gasteiger partial charge in [-0.25, -0.2) is 0 Å². The molecule has 4 heteroatoms. The quantitative estimate of drug-likeness (QED) is 0.890. The van der Waals surface area contributed by atoms with Gasteiger partial charge in [0, 0.05) is 31.6 Å². The van der Waals surface area contributed by atoms with E-state index in [9.17, 15) is 0 Å². The molecule has 122 valence electrons. The van der Waals surface area contributed by atoms with Gasteiger partial charge in [0.05, 0.1) is 7.11 Å². The number of nitrogens with zero attached hydrogens (tertiary/aromatic N) is 1. The molecule has 4 nitrogen and oxygen atoms in total. The Morgan fingerprint density at radius 3 is 2.39 bits per heavy atom. The molecule has 0 saturated carbocycles. The van der Waals surface area contributed by atoms with Gasteiger partial charge >= 0.3 is 0 Å². The third kappa shape index (κ3) is 4.03. The van der Waals surface area contributed by atoms with Gasteiger partial charge in [-0.3, -0.25) is 4.90 Å². The molecule has 1 aliphatic heterocycles. The minimum Gasteiger partial charge on any atom is -0.497 e. The van der Waals surface area contributed by atoms with E-state index >= 15 is 0 Å². The van der Waals surface area contributed by atoms with Crippen molar-refractivity contribution in [3.8, 4) is 11.5 Å². The van der Waals surface area contributed by atoms with E-state index in [1.807, 2.05) is 30.3 Å². The number of methoxy groups -OCH3 is 1. The first kappa shape index (κ1) is 15.8. The molecule has 2 atom stereocenters.